The molecule has 0 bridgehead atoms. The predicted octanol–water partition coefficient (Wildman–Crippen LogP) is 1.66. The van der Waals surface area contributed by atoms with Gasteiger partial charge in [-0.05, 0) is 18.8 Å². The first-order chi connectivity index (χ1) is 8.86. The van der Waals surface area contributed by atoms with Crippen LogP contribution in [0.5, 0.6) is 0 Å². The Labute approximate surface area is 115 Å². The molecule has 1 aromatic heterocycles. The van der Waals surface area contributed by atoms with Gasteiger partial charge in [0.25, 0.3) is 10.0 Å². The number of nitrogens with zero attached hydrogens (tertiary/aromatic N) is 2. The number of nitrogens with two attached hydrogens (primary N) is 1. The van der Waals surface area contributed by atoms with E-state index >= 15 is 0 Å². The van der Waals surface area contributed by atoms with Crippen LogP contribution in [0, 0.1) is 16.0 Å². The molecule has 0 spiro atoms. The number of anilines is 1. The minimum Gasteiger partial charge on any atom is -0.385 e. The fourth-order valence-corrected chi connectivity index (χ4v) is 4.65. The second-order valence-electron chi connectivity index (χ2n) is 4.47. The summed E-state index contributed by atoms with van der Waals surface area (Å²) in [5.41, 5.74) is 5.15. The number of thiophene rings is 1. The van der Waals surface area contributed by atoms with Crippen molar-refractivity contribution in [3.05, 3.63) is 16.2 Å². The number of hydrogen-bond acceptors (Lipinski definition) is 6. The Morgan fingerprint density at radius 2 is 2.21 bits per heavy atom. The molecule has 0 saturated heterocycles. The molecule has 1 aliphatic rings. The first-order valence-corrected chi connectivity index (χ1v) is 8.15. The monoisotopic (exact) mass is 305 g/mol. The normalized spacial score (nSPS) is 15.9. The fourth-order valence-electron chi connectivity index (χ4n) is 1.76. The summed E-state index contributed by atoms with van der Waals surface area (Å²) in [6.07, 6.45) is 2.08. The van der Waals surface area contributed by atoms with Gasteiger partial charge in [-0.3, -0.25) is 10.1 Å². The third-order valence-electron chi connectivity index (χ3n) is 3.02. The van der Waals surface area contributed by atoms with Gasteiger partial charge in [0.05, 0.1) is 4.92 Å². The van der Waals surface area contributed by atoms with Crippen LogP contribution in [-0.4, -0.2) is 30.7 Å². The maximum atomic E-state index is 12.4. The van der Waals surface area contributed by atoms with Crippen LogP contribution >= 0.6 is 11.3 Å². The Bertz CT molecular complexity index is 592. The van der Waals surface area contributed by atoms with Crippen LogP contribution in [0.3, 0.4) is 0 Å². The lowest BCUT2D eigenvalue weighted by molar-refractivity contribution is -0.383. The summed E-state index contributed by atoms with van der Waals surface area (Å²) in [5.74, 6) is 0.419. The Balaban J connectivity index is 2.31. The summed E-state index contributed by atoms with van der Waals surface area (Å²) >= 11 is 0.747. The summed E-state index contributed by atoms with van der Waals surface area (Å²) in [6, 6.07) is 1.05. The summed E-state index contributed by atoms with van der Waals surface area (Å²) < 4.78 is 26.1. The second-order valence-corrected chi connectivity index (χ2v) is 7.72. The Morgan fingerprint density at radius 1 is 1.58 bits per heavy atom. The van der Waals surface area contributed by atoms with Crippen molar-refractivity contribution in [1.29, 1.82) is 0 Å². The number of hydrogen-bond donors (Lipinski definition) is 1. The zero-order valence-electron chi connectivity index (χ0n) is 10.4. The van der Waals surface area contributed by atoms with E-state index in [-0.39, 0.29) is 14.9 Å². The van der Waals surface area contributed by atoms with Gasteiger partial charge in [0.2, 0.25) is 0 Å². The highest BCUT2D eigenvalue weighted by atomic mass is 32.2. The zero-order valence-corrected chi connectivity index (χ0v) is 12.0. The average Bonchev–Trinajstić information content (AvgIpc) is 3.06. The maximum Gasteiger partial charge on any atom is 0.304 e. The van der Waals surface area contributed by atoms with Crippen LogP contribution in [0.15, 0.2) is 10.3 Å². The molecule has 0 amide bonds. The molecule has 1 heterocycles. The molecule has 0 atom stereocenters. The van der Waals surface area contributed by atoms with Gasteiger partial charge in [0.1, 0.15) is 4.21 Å². The Hall–Kier alpha value is -1.19. The first-order valence-electron chi connectivity index (χ1n) is 5.90. The van der Waals surface area contributed by atoms with Crippen LogP contribution < -0.4 is 5.73 Å². The zero-order chi connectivity index (χ0) is 14.2. The first kappa shape index (κ1) is 14.2. The van der Waals surface area contributed by atoms with Gasteiger partial charge < -0.3 is 5.73 Å². The molecule has 0 radical (unpaired) electrons. The molecule has 2 rings (SSSR count). The lowest BCUT2D eigenvalue weighted by Crippen LogP contribution is -2.32. The summed E-state index contributed by atoms with van der Waals surface area (Å²) in [6.45, 7) is 2.58. The minimum atomic E-state index is -3.67. The van der Waals surface area contributed by atoms with Crippen molar-refractivity contribution in [1.82, 2.24) is 4.31 Å². The smallest absolute Gasteiger partial charge is 0.304 e. The molecular weight excluding hydrogens is 290 g/mol. The molecule has 0 aliphatic heterocycles. The maximum absolute atomic E-state index is 12.4. The van der Waals surface area contributed by atoms with Gasteiger partial charge in [-0.25, -0.2) is 8.42 Å². The van der Waals surface area contributed by atoms with Crippen molar-refractivity contribution >= 4 is 32.0 Å². The van der Waals surface area contributed by atoms with E-state index in [0.717, 1.165) is 30.2 Å². The van der Waals surface area contributed by atoms with Crippen LogP contribution in [0.4, 0.5) is 10.7 Å². The number of nitro groups is 1. The van der Waals surface area contributed by atoms with Gasteiger partial charge >= 0.3 is 5.69 Å². The van der Waals surface area contributed by atoms with E-state index in [1.54, 1.807) is 6.92 Å². The van der Waals surface area contributed by atoms with Crippen molar-refractivity contribution in [2.45, 2.75) is 24.0 Å². The van der Waals surface area contributed by atoms with Crippen molar-refractivity contribution in [2.75, 3.05) is 18.8 Å². The molecule has 0 unspecified atom stereocenters. The lowest BCUT2D eigenvalue weighted by atomic mass is 10.4. The van der Waals surface area contributed by atoms with E-state index in [9.17, 15) is 18.5 Å². The Kier molecular flexibility index (Phi) is 3.79. The predicted molar refractivity (Wildman–Crippen MR) is 72.5 cm³/mol. The largest absolute Gasteiger partial charge is 0.385 e. The van der Waals surface area contributed by atoms with Gasteiger partial charge in [-0.15, -0.1) is 0 Å². The number of sulfonamides is 1. The second kappa shape index (κ2) is 5.06. The molecule has 106 valence electrons. The van der Waals surface area contributed by atoms with Crippen LogP contribution in [0.2, 0.25) is 0 Å². The lowest BCUT2D eigenvalue weighted by Gasteiger charge is -2.18. The molecule has 1 aromatic rings. The van der Waals surface area contributed by atoms with E-state index in [4.69, 9.17) is 5.73 Å². The third kappa shape index (κ3) is 2.88. The minimum absolute atomic E-state index is 0.0563. The summed E-state index contributed by atoms with van der Waals surface area (Å²) in [5, 5.41) is 10.6. The highest BCUT2D eigenvalue weighted by molar-refractivity contribution is 7.91. The SMILES string of the molecule is CCN(CC1CC1)S(=O)(=O)c1cc([N+](=O)[O-])c(N)s1. The fraction of sp³-hybridized carbons (Fsp3) is 0.600. The average molecular weight is 305 g/mol. The molecule has 2 N–H and O–H groups in total. The molecule has 7 nitrogen and oxygen atoms in total. The molecule has 1 aliphatic carbocycles. The Morgan fingerprint density at radius 3 is 2.63 bits per heavy atom. The van der Waals surface area contributed by atoms with Crippen LogP contribution in [0.25, 0.3) is 0 Å². The quantitative estimate of drug-likeness (QED) is 0.635. The van der Waals surface area contributed by atoms with Gasteiger partial charge in [-0.1, -0.05) is 18.3 Å². The third-order valence-corrected chi connectivity index (χ3v) is 6.36. The van der Waals surface area contributed by atoms with E-state index in [1.807, 2.05) is 0 Å². The molecule has 0 aromatic carbocycles. The van der Waals surface area contributed by atoms with Crippen LogP contribution in [0.1, 0.15) is 19.8 Å². The highest BCUT2D eigenvalue weighted by Gasteiger charge is 2.33. The van der Waals surface area contributed by atoms with E-state index in [0.29, 0.717) is 19.0 Å². The van der Waals surface area contributed by atoms with Gasteiger partial charge in [0, 0.05) is 19.2 Å². The molecule has 1 fully saturated rings. The van der Waals surface area contributed by atoms with E-state index in [1.165, 1.54) is 4.31 Å². The molecule has 19 heavy (non-hydrogen) atoms. The van der Waals surface area contributed by atoms with Crippen molar-refractivity contribution < 1.29 is 13.3 Å². The van der Waals surface area contributed by atoms with Crippen molar-refractivity contribution in [3.8, 4) is 0 Å². The molecular formula is C10H15N3O4S2. The molecule has 9 heteroatoms. The molecule has 1 saturated carbocycles. The number of nitrogen functional groups attached to an aromatic ring is 1. The highest BCUT2D eigenvalue weighted by Crippen LogP contribution is 2.37. The van der Waals surface area contributed by atoms with E-state index in [2.05, 4.69) is 0 Å². The summed E-state index contributed by atoms with van der Waals surface area (Å²) in [7, 11) is -3.67. The van der Waals surface area contributed by atoms with Crippen LogP contribution in [-0.2, 0) is 10.0 Å². The standard InChI is InChI=1S/C10H15N3O4S2/c1-2-12(6-7-3-4-7)19(16,17)9-5-8(13(14)15)10(11)18-9/h5,7H,2-4,6,11H2,1H3. The number of rotatable bonds is 6. The topological polar surface area (TPSA) is 107 Å². The summed E-state index contributed by atoms with van der Waals surface area (Å²) in [4.78, 5) is 10.0. The van der Waals surface area contributed by atoms with Gasteiger partial charge in [-0.2, -0.15) is 4.31 Å². The van der Waals surface area contributed by atoms with Crippen molar-refractivity contribution in [3.63, 3.8) is 0 Å². The van der Waals surface area contributed by atoms with Gasteiger partial charge in [0.15, 0.2) is 5.00 Å². The van der Waals surface area contributed by atoms with Crippen molar-refractivity contribution in [2.24, 2.45) is 5.92 Å². The van der Waals surface area contributed by atoms with E-state index < -0.39 is 14.9 Å².